The number of carbonyl (C=O) groups excluding carboxylic acids is 1. The largest absolute Gasteiger partial charge is 0.497 e. The second kappa shape index (κ2) is 9.54. The molecule has 3 aromatic carbocycles. The number of ether oxygens (including phenoxy) is 3. The molecule has 0 saturated carbocycles. The number of methoxy groups -OCH3 is 1. The van der Waals surface area contributed by atoms with Crippen LogP contribution in [-0.4, -0.2) is 13.1 Å². The summed E-state index contributed by atoms with van der Waals surface area (Å²) in [6.45, 7) is 0. The van der Waals surface area contributed by atoms with E-state index in [1.165, 1.54) is 30.5 Å². The van der Waals surface area contributed by atoms with Crippen LogP contribution in [-0.2, 0) is 4.79 Å². The second-order valence-electron chi connectivity index (χ2n) is 6.83. The van der Waals surface area contributed by atoms with Crippen LogP contribution in [0.5, 0.6) is 23.0 Å². The number of nitriles is 1. The zero-order valence-corrected chi connectivity index (χ0v) is 17.5. The van der Waals surface area contributed by atoms with Gasteiger partial charge >= 0.3 is 5.97 Å². The van der Waals surface area contributed by atoms with Crippen LogP contribution in [0.4, 0.5) is 0 Å². The van der Waals surface area contributed by atoms with Crippen LogP contribution in [0.25, 0.3) is 17.0 Å². The topological polar surface area (TPSA) is 98.8 Å². The van der Waals surface area contributed by atoms with Gasteiger partial charge in [0.05, 0.1) is 12.5 Å². The number of rotatable bonds is 6. The Kier molecular flexibility index (Phi) is 6.19. The third-order valence-electron chi connectivity index (χ3n) is 4.66. The molecule has 0 bridgehead atoms. The molecule has 0 fully saturated rings. The van der Waals surface area contributed by atoms with E-state index in [1.807, 2.05) is 12.1 Å². The summed E-state index contributed by atoms with van der Waals surface area (Å²) in [6, 6.07) is 21.9. The maximum atomic E-state index is 12.8. The summed E-state index contributed by atoms with van der Waals surface area (Å²) in [5.74, 6) is 0.432. The average molecular weight is 439 g/mol. The van der Waals surface area contributed by atoms with Gasteiger partial charge < -0.3 is 18.6 Å². The van der Waals surface area contributed by atoms with Gasteiger partial charge in [-0.25, -0.2) is 4.79 Å². The fraction of sp³-hybridized carbons (Fsp3) is 0.0385. The fourth-order valence-corrected chi connectivity index (χ4v) is 3.01. The summed E-state index contributed by atoms with van der Waals surface area (Å²) in [4.78, 5) is 25.2. The van der Waals surface area contributed by atoms with E-state index in [1.54, 1.807) is 55.6 Å². The molecule has 0 unspecified atom stereocenters. The van der Waals surface area contributed by atoms with Crippen LogP contribution in [0, 0.1) is 11.3 Å². The standard InChI is InChI=1S/C26H17NO6/c1-30-19-7-9-20(10-8-19)32-24-16-31-23-14-21(11-12-22(23)25(24)28)33-26(29)18(15-27)13-17-5-3-2-4-6-17/h2-14,16H,1H3. The Morgan fingerprint density at radius 1 is 0.970 bits per heavy atom. The third-order valence-corrected chi connectivity index (χ3v) is 4.66. The van der Waals surface area contributed by atoms with Gasteiger partial charge in [-0.2, -0.15) is 5.26 Å². The molecule has 162 valence electrons. The van der Waals surface area contributed by atoms with Crippen molar-refractivity contribution in [3.63, 3.8) is 0 Å². The Morgan fingerprint density at radius 3 is 2.36 bits per heavy atom. The lowest BCUT2D eigenvalue weighted by Crippen LogP contribution is -2.10. The Labute approximate surface area is 188 Å². The van der Waals surface area contributed by atoms with E-state index in [0.717, 1.165) is 0 Å². The van der Waals surface area contributed by atoms with Crippen LogP contribution >= 0.6 is 0 Å². The Hall–Kier alpha value is -4.83. The molecule has 7 heteroatoms. The monoisotopic (exact) mass is 439 g/mol. The fourth-order valence-electron chi connectivity index (χ4n) is 3.01. The number of nitrogens with zero attached hydrogens (tertiary/aromatic N) is 1. The molecule has 0 atom stereocenters. The molecule has 0 saturated heterocycles. The molecule has 0 spiro atoms. The highest BCUT2D eigenvalue weighted by Crippen LogP contribution is 2.25. The van der Waals surface area contributed by atoms with Crippen molar-refractivity contribution in [3.05, 3.63) is 100 Å². The lowest BCUT2D eigenvalue weighted by molar-refractivity contribution is -0.129. The zero-order chi connectivity index (χ0) is 23.2. The van der Waals surface area contributed by atoms with Crippen molar-refractivity contribution < 1.29 is 23.4 Å². The first-order valence-electron chi connectivity index (χ1n) is 9.84. The molecule has 0 aliphatic heterocycles. The zero-order valence-electron chi connectivity index (χ0n) is 17.5. The highest BCUT2D eigenvalue weighted by Gasteiger charge is 2.15. The van der Waals surface area contributed by atoms with E-state index in [9.17, 15) is 14.9 Å². The van der Waals surface area contributed by atoms with Crippen LogP contribution in [0.3, 0.4) is 0 Å². The molecule has 0 N–H and O–H groups in total. The smallest absolute Gasteiger partial charge is 0.354 e. The SMILES string of the molecule is COc1ccc(Oc2coc3cc(OC(=O)C(C#N)=Cc4ccccc4)ccc3c2=O)cc1. The summed E-state index contributed by atoms with van der Waals surface area (Å²) < 4.78 is 21.5. The van der Waals surface area contributed by atoms with Gasteiger partial charge in [-0.1, -0.05) is 30.3 Å². The number of hydrogen-bond acceptors (Lipinski definition) is 7. The second-order valence-corrected chi connectivity index (χ2v) is 6.83. The maximum Gasteiger partial charge on any atom is 0.354 e. The molecule has 33 heavy (non-hydrogen) atoms. The first-order chi connectivity index (χ1) is 16.1. The Balaban J connectivity index is 1.55. The van der Waals surface area contributed by atoms with Gasteiger partial charge in [-0.3, -0.25) is 4.79 Å². The minimum Gasteiger partial charge on any atom is -0.497 e. The summed E-state index contributed by atoms with van der Waals surface area (Å²) in [7, 11) is 1.56. The molecule has 4 aromatic rings. The number of benzene rings is 3. The maximum absolute atomic E-state index is 12.8. The lowest BCUT2D eigenvalue weighted by Gasteiger charge is -2.08. The lowest BCUT2D eigenvalue weighted by atomic mass is 10.1. The van der Waals surface area contributed by atoms with E-state index in [4.69, 9.17) is 18.6 Å². The summed E-state index contributed by atoms with van der Waals surface area (Å²) in [5.41, 5.74) is 0.357. The molecular weight excluding hydrogens is 422 g/mol. The van der Waals surface area contributed by atoms with Gasteiger partial charge in [0.1, 0.15) is 40.7 Å². The van der Waals surface area contributed by atoms with Crippen molar-refractivity contribution in [1.82, 2.24) is 0 Å². The van der Waals surface area contributed by atoms with Gasteiger partial charge in [-0.15, -0.1) is 0 Å². The van der Waals surface area contributed by atoms with Crippen LogP contribution in [0.1, 0.15) is 5.56 Å². The molecule has 0 radical (unpaired) electrons. The van der Waals surface area contributed by atoms with E-state index in [0.29, 0.717) is 17.1 Å². The van der Waals surface area contributed by atoms with Gasteiger partial charge in [0.25, 0.3) is 0 Å². The minimum absolute atomic E-state index is 0.00923. The van der Waals surface area contributed by atoms with Crippen molar-refractivity contribution in [1.29, 1.82) is 5.26 Å². The van der Waals surface area contributed by atoms with Crippen LogP contribution in [0.2, 0.25) is 0 Å². The first-order valence-corrected chi connectivity index (χ1v) is 9.84. The molecule has 7 nitrogen and oxygen atoms in total. The summed E-state index contributed by atoms with van der Waals surface area (Å²) in [6.07, 6.45) is 2.63. The molecule has 0 aliphatic rings. The summed E-state index contributed by atoms with van der Waals surface area (Å²) >= 11 is 0. The average Bonchev–Trinajstić information content (AvgIpc) is 2.85. The predicted octanol–water partition coefficient (Wildman–Crippen LogP) is 5.11. The van der Waals surface area contributed by atoms with Crippen molar-refractivity contribution in [2.24, 2.45) is 0 Å². The number of fused-ring (bicyclic) bond motifs is 1. The van der Waals surface area contributed by atoms with E-state index in [-0.39, 0.29) is 33.5 Å². The number of esters is 1. The van der Waals surface area contributed by atoms with Crippen molar-refractivity contribution in [3.8, 4) is 29.1 Å². The number of hydrogen-bond donors (Lipinski definition) is 0. The number of carbonyl (C=O) groups is 1. The molecule has 1 heterocycles. The van der Waals surface area contributed by atoms with Gasteiger partial charge in [0.15, 0.2) is 0 Å². The van der Waals surface area contributed by atoms with Crippen molar-refractivity contribution in [2.75, 3.05) is 7.11 Å². The highest BCUT2D eigenvalue weighted by atomic mass is 16.5. The van der Waals surface area contributed by atoms with Gasteiger partial charge in [0, 0.05) is 6.07 Å². The summed E-state index contributed by atoms with van der Waals surface area (Å²) in [5, 5.41) is 9.58. The van der Waals surface area contributed by atoms with Crippen molar-refractivity contribution in [2.45, 2.75) is 0 Å². The van der Waals surface area contributed by atoms with E-state index in [2.05, 4.69) is 0 Å². The van der Waals surface area contributed by atoms with Crippen LogP contribution < -0.4 is 19.6 Å². The Bertz CT molecular complexity index is 1430. The molecule has 0 amide bonds. The predicted molar refractivity (Wildman–Crippen MR) is 121 cm³/mol. The van der Waals surface area contributed by atoms with E-state index < -0.39 is 5.97 Å². The molecule has 0 aliphatic carbocycles. The minimum atomic E-state index is -0.817. The molecular formula is C26H17NO6. The van der Waals surface area contributed by atoms with Gasteiger partial charge in [0.2, 0.25) is 11.2 Å². The highest BCUT2D eigenvalue weighted by molar-refractivity contribution is 5.99. The van der Waals surface area contributed by atoms with Crippen LogP contribution in [0.15, 0.2) is 93.8 Å². The normalized spacial score (nSPS) is 11.0. The van der Waals surface area contributed by atoms with Crippen molar-refractivity contribution >= 4 is 23.0 Å². The van der Waals surface area contributed by atoms with Gasteiger partial charge in [-0.05, 0) is 48.0 Å². The Morgan fingerprint density at radius 2 is 1.67 bits per heavy atom. The third kappa shape index (κ3) is 4.92. The molecule has 4 rings (SSSR count). The quantitative estimate of drug-likeness (QED) is 0.178. The molecule has 1 aromatic heterocycles. The van der Waals surface area contributed by atoms with E-state index >= 15 is 0 Å². The first kappa shape index (κ1) is 21.4.